The van der Waals surface area contributed by atoms with Crippen molar-refractivity contribution in [2.75, 3.05) is 7.11 Å². The first-order valence-electron chi connectivity index (χ1n) is 7.45. The maximum atomic E-state index is 12.0. The fourth-order valence-electron chi connectivity index (χ4n) is 3.35. The number of hydrogen-bond donors (Lipinski definition) is 1. The summed E-state index contributed by atoms with van der Waals surface area (Å²) in [7, 11) is 1.67. The molecule has 1 aromatic carbocycles. The first-order valence-corrected chi connectivity index (χ1v) is 7.45. The molecule has 1 N–H and O–H groups in total. The standard InChI is InChI=1S/C17H25NO2/c1-5-17(13-6-8-14(20-4)9-7-13)11-16(19)18-15(17)10-12(2)3/h6-9,12,15H,5,10-11H2,1-4H3,(H,18,19). The summed E-state index contributed by atoms with van der Waals surface area (Å²) in [5.41, 5.74) is 1.16. The van der Waals surface area contributed by atoms with E-state index >= 15 is 0 Å². The Bertz CT molecular complexity index is 466. The van der Waals surface area contributed by atoms with E-state index in [9.17, 15) is 4.79 Å². The minimum Gasteiger partial charge on any atom is -0.497 e. The molecule has 1 saturated heterocycles. The maximum Gasteiger partial charge on any atom is 0.221 e. The predicted octanol–water partition coefficient (Wildman–Crippen LogP) is 3.28. The van der Waals surface area contributed by atoms with E-state index in [1.807, 2.05) is 12.1 Å². The topological polar surface area (TPSA) is 38.3 Å². The van der Waals surface area contributed by atoms with Crippen molar-refractivity contribution in [1.29, 1.82) is 0 Å². The van der Waals surface area contributed by atoms with E-state index < -0.39 is 0 Å². The van der Waals surface area contributed by atoms with Crippen LogP contribution in [0.4, 0.5) is 0 Å². The molecule has 2 unspecified atom stereocenters. The molecule has 0 radical (unpaired) electrons. The molecule has 1 heterocycles. The summed E-state index contributed by atoms with van der Waals surface area (Å²) in [5, 5.41) is 3.18. The van der Waals surface area contributed by atoms with Crippen molar-refractivity contribution in [1.82, 2.24) is 5.32 Å². The Kier molecular flexibility index (Phi) is 4.36. The van der Waals surface area contributed by atoms with Crippen molar-refractivity contribution < 1.29 is 9.53 Å². The lowest BCUT2D eigenvalue weighted by Crippen LogP contribution is -2.41. The number of methoxy groups -OCH3 is 1. The Morgan fingerprint density at radius 2 is 2.00 bits per heavy atom. The van der Waals surface area contributed by atoms with Crippen LogP contribution in [0.25, 0.3) is 0 Å². The zero-order valence-electron chi connectivity index (χ0n) is 12.9. The molecule has 1 fully saturated rings. The highest BCUT2D eigenvalue weighted by molar-refractivity contribution is 5.81. The number of carbonyl (C=O) groups excluding carboxylic acids is 1. The van der Waals surface area contributed by atoms with Gasteiger partial charge in [-0.2, -0.15) is 0 Å². The van der Waals surface area contributed by atoms with Gasteiger partial charge >= 0.3 is 0 Å². The van der Waals surface area contributed by atoms with Crippen LogP contribution in [0.2, 0.25) is 0 Å². The Hall–Kier alpha value is -1.51. The van der Waals surface area contributed by atoms with Crippen molar-refractivity contribution in [3.05, 3.63) is 29.8 Å². The van der Waals surface area contributed by atoms with Crippen molar-refractivity contribution in [3.8, 4) is 5.75 Å². The van der Waals surface area contributed by atoms with Gasteiger partial charge in [0.25, 0.3) is 0 Å². The van der Waals surface area contributed by atoms with Gasteiger partial charge in [-0.15, -0.1) is 0 Å². The molecule has 20 heavy (non-hydrogen) atoms. The molecule has 0 bridgehead atoms. The summed E-state index contributed by atoms with van der Waals surface area (Å²) >= 11 is 0. The Balaban J connectivity index is 2.36. The molecule has 1 amide bonds. The third kappa shape index (κ3) is 2.67. The number of rotatable bonds is 5. The molecule has 110 valence electrons. The molecule has 3 nitrogen and oxygen atoms in total. The monoisotopic (exact) mass is 275 g/mol. The van der Waals surface area contributed by atoms with Gasteiger partial charge in [0.2, 0.25) is 5.91 Å². The molecule has 3 heteroatoms. The second kappa shape index (κ2) is 5.86. The first-order chi connectivity index (χ1) is 9.51. The highest BCUT2D eigenvalue weighted by Crippen LogP contribution is 2.41. The van der Waals surface area contributed by atoms with Crippen LogP contribution in [0.15, 0.2) is 24.3 Å². The number of amides is 1. The Morgan fingerprint density at radius 3 is 2.50 bits per heavy atom. The van der Waals surface area contributed by atoms with Crippen LogP contribution in [0.5, 0.6) is 5.75 Å². The van der Waals surface area contributed by atoms with Gasteiger partial charge in [0.1, 0.15) is 5.75 Å². The summed E-state index contributed by atoms with van der Waals surface area (Å²) in [6, 6.07) is 8.42. The first kappa shape index (κ1) is 14.9. The van der Waals surface area contributed by atoms with Gasteiger partial charge in [0, 0.05) is 17.9 Å². The zero-order valence-corrected chi connectivity index (χ0v) is 12.9. The molecule has 0 saturated carbocycles. The number of nitrogens with one attached hydrogen (secondary N) is 1. The van der Waals surface area contributed by atoms with Gasteiger partial charge in [-0.3, -0.25) is 4.79 Å². The lowest BCUT2D eigenvalue weighted by molar-refractivity contribution is -0.119. The molecule has 0 aliphatic carbocycles. The summed E-state index contributed by atoms with van der Waals surface area (Å²) in [6.45, 7) is 6.59. The van der Waals surface area contributed by atoms with Crippen LogP contribution in [0.3, 0.4) is 0 Å². The highest BCUT2D eigenvalue weighted by Gasteiger charge is 2.46. The van der Waals surface area contributed by atoms with E-state index in [2.05, 4.69) is 38.2 Å². The van der Waals surface area contributed by atoms with Crippen LogP contribution in [-0.2, 0) is 10.2 Å². The molecule has 1 aliphatic heterocycles. The van der Waals surface area contributed by atoms with Crippen LogP contribution in [-0.4, -0.2) is 19.1 Å². The third-order valence-corrected chi connectivity index (χ3v) is 4.48. The molecular formula is C17H25NO2. The smallest absolute Gasteiger partial charge is 0.221 e. The normalized spacial score (nSPS) is 25.9. The average Bonchev–Trinajstić information content (AvgIpc) is 2.75. The van der Waals surface area contributed by atoms with Crippen molar-refractivity contribution in [3.63, 3.8) is 0 Å². The molecule has 2 atom stereocenters. The molecule has 0 spiro atoms. The van der Waals surface area contributed by atoms with E-state index in [-0.39, 0.29) is 17.4 Å². The number of benzene rings is 1. The van der Waals surface area contributed by atoms with Crippen molar-refractivity contribution >= 4 is 5.91 Å². The van der Waals surface area contributed by atoms with Crippen LogP contribution >= 0.6 is 0 Å². The summed E-state index contributed by atoms with van der Waals surface area (Å²) < 4.78 is 5.23. The Morgan fingerprint density at radius 1 is 1.35 bits per heavy atom. The minimum absolute atomic E-state index is 0.0758. The molecule has 1 aromatic rings. The van der Waals surface area contributed by atoms with Crippen molar-refractivity contribution in [2.24, 2.45) is 5.92 Å². The maximum absolute atomic E-state index is 12.0. The van der Waals surface area contributed by atoms with E-state index in [4.69, 9.17) is 4.74 Å². The lowest BCUT2D eigenvalue weighted by atomic mass is 9.70. The van der Waals surface area contributed by atoms with Crippen LogP contribution in [0, 0.1) is 5.92 Å². The van der Waals surface area contributed by atoms with Gasteiger partial charge in [0.15, 0.2) is 0 Å². The second-order valence-corrected chi connectivity index (χ2v) is 6.16. The predicted molar refractivity (Wildman–Crippen MR) is 81.0 cm³/mol. The SMILES string of the molecule is CCC1(c2ccc(OC)cc2)CC(=O)NC1CC(C)C. The average molecular weight is 275 g/mol. The fraction of sp³-hybridized carbons (Fsp3) is 0.588. The van der Waals surface area contributed by atoms with Gasteiger partial charge in [0.05, 0.1) is 7.11 Å². The van der Waals surface area contributed by atoms with Gasteiger partial charge in [-0.05, 0) is 36.5 Å². The van der Waals surface area contributed by atoms with Crippen LogP contribution in [0.1, 0.15) is 45.6 Å². The van der Waals surface area contributed by atoms with E-state index in [0.29, 0.717) is 12.3 Å². The Labute approximate surface area is 121 Å². The molecule has 2 rings (SSSR count). The quantitative estimate of drug-likeness (QED) is 0.895. The van der Waals surface area contributed by atoms with Gasteiger partial charge < -0.3 is 10.1 Å². The van der Waals surface area contributed by atoms with Gasteiger partial charge in [-0.25, -0.2) is 0 Å². The summed E-state index contributed by atoms with van der Waals surface area (Å²) in [4.78, 5) is 12.0. The van der Waals surface area contributed by atoms with Crippen molar-refractivity contribution in [2.45, 2.75) is 51.5 Å². The summed E-state index contributed by atoms with van der Waals surface area (Å²) in [5.74, 6) is 1.61. The summed E-state index contributed by atoms with van der Waals surface area (Å²) in [6.07, 6.45) is 2.58. The second-order valence-electron chi connectivity index (χ2n) is 6.16. The highest BCUT2D eigenvalue weighted by atomic mass is 16.5. The molecule has 0 aromatic heterocycles. The molecule has 1 aliphatic rings. The fourth-order valence-corrected chi connectivity index (χ4v) is 3.35. The number of carbonyl (C=O) groups is 1. The lowest BCUT2D eigenvalue weighted by Gasteiger charge is -2.35. The van der Waals surface area contributed by atoms with Crippen LogP contribution < -0.4 is 10.1 Å². The number of ether oxygens (including phenoxy) is 1. The number of hydrogen-bond acceptors (Lipinski definition) is 2. The van der Waals surface area contributed by atoms with E-state index in [1.165, 1.54) is 5.56 Å². The largest absolute Gasteiger partial charge is 0.497 e. The molecular weight excluding hydrogens is 250 g/mol. The van der Waals surface area contributed by atoms with E-state index in [1.54, 1.807) is 7.11 Å². The van der Waals surface area contributed by atoms with E-state index in [0.717, 1.165) is 18.6 Å². The zero-order chi connectivity index (χ0) is 14.8. The van der Waals surface area contributed by atoms with Gasteiger partial charge in [-0.1, -0.05) is 32.9 Å². The third-order valence-electron chi connectivity index (χ3n) is 4.48. The minimum atomic E-state index is -0.0758.